The Hall–Kier alpha value is -3.33. The van der Waals surface area contributed by atoms with Crippen LogP contribution in [0.2, 0.25) is 0 Å². The second-order valence-corrected chi connectivity index (χ2v) is 5.52. The van der Waals surface area contributed by atoms with Crippen molar-refractivity contribution in [2.24, 2.45) is 7.05 Å². The number of aromatic nitrogens is 3. The zero-order valence-electron chi connectivity index (χ0n) is 13.4. The summed E-state index contributed by atoms with van der Waals surface area (Å²) in [6, 6.07) is 15.0. The molecular weight excluding hydrogens is 304 g/mol. The Bertz CT molecular complexity index is 979. The standard InChI is InChI=1S/C18H16N4O2/c1-12-6-7-13(10-17-20-21-18(23)22(17)2)9-16(12)24-15-5-3-4-14(8-15)11-19/h3-9H,10H2,1-2H3,(H,21,23). The van der Waals surface area contributed by atoms with E-state index in [1.54, 1.807) is 25.2 Å². The van der Waals surface area contributed by atoms with Crippen molar-refractivity contribution < 1.29 is 4.74 Å². The summed E-state index contributed by atoms with van der Waals surface area (Å²) in [6.45, 7) is 1.96. The first-order valence-corrected chi connectivity index (χ1v) is 7.44. The Labute approximate surface area is 138 Å². The van der Waals surface area contributed by atoms with Gasteiger partial charge < -0.3 is 4.74 Å². The molecule has 1 N–H and O–H groups in total. The predicted octanol–water partition coefficient (Wildman–Crippen LogP) is 2.67. The van der Waals surface area contributed by atoms with Gasteiger partial charge in [-0.3, -0.25) is 4.57 Å². The van der Waals surface area contributed by atoms with Crippen LogP contribution in [0.3, 0.4) is 0 Å². The summed E-state index contributed by atoms with van der Waals surface area (Å²) in [6.07, 6.45) is 0.518. The van der Waals surface area contributed by atoms with E-state index < -0.39 is 0 Å². The Morgan fingerprint density at radius 1 is 1.29 bits per heavy atom. The van der Waals surface area contributed by atoms with Crippen LogP contribution in [0.1, 0.15) is 22.5 Å². The van der Waals surface area contributed by atoms with E-state index in [-0.39, 0.29) is 5.69 Å². The first-order chi connectivity index (χ1) is 11.6. The Kier molecular flexibility index (Phi) is 4.17. The molecule has 1 aromatic heterocycles. The lowest BCUT2D eigenvalue weighted by Crippen LogP contribution is -2.14. The molecule has 3 rings (SSSR count). The van der Waals surface area contributed by atoms with Crippen molar-refractivity contribution in [2.75, 3.05) is 0 Å². The summed E-state index contributed by atoms with van der Waals surface area (Å²) in [4.78, 5) is 11.4. The first kappa shape index (κ1) is 15.6. The van der Waals surface area contributed by atoms with Gasteiger partial charge in [-0.1, -0.05) is 18.2 Å². The molecule has 0 aliphatic rings. The van der Waals surface area contributed by atoms with Crippen LogP contribution >= 0.6 is 0 Å². The number of nitrogens with one attached hydrogen (secondary N) is 1. The second-order valence-electron chi connectivity index (χ2n) is 5.52. The van der Waals surface area contributed by atoms with Gasteiger partial charge in [-0.05, 0) is 42.3 Å². The van der Waals surface area contributed by atoms with E-state index >= 15 is 0 Å². The molecule has 0 atom stereocenters. The molecule has 120 valence electrons. The van der Waals surface area contributed by atoms with Crippen LogP contribution in [0.25, 0.3) is 0 Å². The molecule has 0 spiro atoms. The van der Waals surface area contributed by atoms with Crippen LogP contribution in [0.4, 0.5) is 0 Å². The second kappa shape index (κ2) is 6.42. The highest BCUT2D eigenvalue weighted by Crippen LogP contribution is 2.27. The van der Waals surface area contributed by atoms with Crippen molar-refractivity contribution in [3.63, 3.8) is 0 Å². The van der Waals surface area contributed by atoms with Crippen LogP contribution in [0.15, 0.2) is 47.3 Å². The van der Waals surface area contributed by atoms with E-state index in [1.807, 2.05) is 31.2 Å². The van der Waals surface area contributed by atoms with E-state index in [0.717, 1.165) is 11.1 Å². The maximum absolute atomic E-state index is 11.4. The van der Waals surface area contributed by atoms with E-state index in [2.05, 4.69) is 16.3 Å². The molecule has 0 aliphatic carbocycles. The molecular formula is C18H16N4O2. The van der Waals surface area contributed by atoms with E-state index in [9.17, 15) is 4.79 Å². The summed E-state index contributed by atoms with van der Waals surface area (Å²) in [7, 11) is 1.68. The number of aromatic amines is 1. The smallest absolute Gasteiger partial charge is 0.343 e. The number of rotatable bonds is 4. The highest BCUT2D eigenvalue weighted by atomic mass is 16.5. The number of hydrogen-bond donors (Lipinski definition) is 1. The lowest BCUT2D eigenvalue weighted by atomic mass is 10.1. The van der Waals surface area contributed by atoms with Crippen molar-refractivity contribution >= 4 is 0 Å². The van der Waals surface area contributed by atoms with Crippen LogP contribution in [0.5, 0.6) is 11.5 Å². The third-order valence-electron chi connectivity index (χ3n) is 3.78. The fourth-order valence-corrected chi connectivity index (χ4v) is 2.34. The predicted molar refractivity (Wildman–Crippen MR) is 89.0 cm³/mol. The SMILES string of the molecule is Cc1ccc(Cc2n[nH]c(=O)n2C)cc1Oc1cccc(C#N)c1. The van der Waals surface area contributed by atoms with Gasteiger partial charge in [-0.15, -0.1) is 0 Å². The van der Waals surface area contributed by atoms with E-state index in [1.165, 1.54) is 4.57 Å². The molecule has 6 heteroatoms. The van der Waals surface area contributed by atoms with Crippen molar-refractivity contribution in [3.8, 4) is 17.6 Å². The lowest BCUT2D eigenvalue weighted by molar-refractivity contribution is 0.478. The number of benzene rings is 2. The first-order valence-electron chi connectivity index (χ1n) is 7.44. The van der Waals surface area contributed by atoms with E-state index in [0.29, 0.717) is 29.3 Å². The molecule has 6 nitrogen and oxygen atoms in total. The van der Waals surface area contributed by atoms with Gasteiger partial charge in [0, 0.05) is 13.5 Å². The van der Waals surface area contributed by atoms with Crippen molar-refractivity contribution in [1.29, 1.82) is 5.26 Å². The molecule has 0 bridgehead atoms. The van der Waals surface area contributed by atoms with Crippen molar-refractivity contribution in [3.05, 3.63) is 75.5 Å². The molecule has 24 heavy (non-hydrogen) atoms. The molecule has 0 saturated carbocycles. The van der Waals surface area contributed by atoms with Gasteiger partial charge in [0.2, 0.25) is 0 Å². The normalized spacial score (nSPS) is 10.4. The quantitative estimate of drug-likeness (QED) is 0.801. The molecule has 0 unspecified atom stereocenters. The van der Waals surface area contributed by atoms with Crippen LogP contribution in [-0.2, 0) is 13.5 Å². The number of H-pyrrole nitrogens is 1. The molecule has 3 aromatic rings. The van der Waals surface area contributed by atoms with Crippen molar-refractivity contribution in [2.45, 2.75) is 13.3 Å². The van der Waals surface area contributed by atoms with E-state index in [4.69, 9.17) is 10.00 Å². The van der Waals surface area contributed by atoms with Gasteiger partial charge >= 0.3 is 5.69 Å². The van der Waals surface area contributed by atoms with Gasteiger partial charge in [0.1, 0.15) is 17.3 Å². The third-order valence-corrected chi connectivity index (χ3v) is 3.78. The number of ether oxygens (including phenoxy) is 1. The molecule has 1 heterocycles. The number of hydrogen-bond acceptors (Lipinski definition) is 4. The highest BCUT2D eigenvalue weighted by molar-refractivity contribution is 5.43. The average Bonchev–Trinajstić information content (AvgIpc) is 2.90. The van der Waals surface area contributed by atoms with Crippen LogP contribution in [-0.4, -0.2) is 14.8 Å². The number of aryl methyl sites for hydroxylation is 1. The molecule has 0 aliphatic heterocycles. The fourth-order valence-electron chi connectivity index (χ4n) is 2.34. The minimum absolute atomic E-state index is 0.234. The maximum atomic E-state index is 11.4. The molecule has 0 saturated heterocycles. The molecule has 0 radical (unpaired) electrons. The summed E-state index contributed by atoms with van der Waals surface area (Å²) in [5.41, 5.74) is 2.28. The van der Waals surface area contributed by atoms with Gasteiger partial charge in [0.25, 0.3) is 0 Å². The summed E-state index contributed by atoms with van der Waals surface area (Å²) in [5, 5.41) is 15.4. The lowest BCUT2D eigenvalue weighted by Gasteiger charge is -2.11. The van der Waals surface area contributed by atoms with Gasteiger partial charge in [-0.25, -0.2) is 9.89 Å². The monoisotopic (exact) mass is 320 g/mol. The topological polar surface area (TPSA) is 83.7 Å². The van der Waals surface area contributed by atoms with Gasteiger partial charge in [-0.2, -0.15) is 10.4 Å². The molecule has 2 aromatic carbocycles. The minimum atomic E-state index is -0.234. The van der Waals surface area contributed by atoms with Gasteiger partial charge in [0.15, 0.2) is 0 Å². The minimum Gasteiger partial charge on any atom is -0.457 e. The Morgan fingerprint density at radius 3 is 2.83 bits per heavy atom. The average molecular weight is 320 g/mol. The Morgan fingerprint density at radius 2 is 2.12 bits per heavy atom. The third kappa shape index (κ3) is 3.20. The number of nitrogens with zero attached hydrogens (tertiary/aromatic N) is 3. The van der Waals surface area contributed by atoms with Crippen LogP contribution < -0.4 is 10.4 Å². The highest BCUT2D eigenvalue weighted by Gasteiger charge is 2.09. The fraction of sp³-hybridized carbons (Fsp3) is 0.167. The molecule has 0 fully saturated rings. The zero-order valence-corrected chi connectivity index (χ0v) is 13.4. The zero-order chi connectivity index (χ0) is 17.1. The summed E-state index contributed by atoms with van der Waals surface area (Å²) in [5.74, 6) is 1.98. The summed E-state index contributed by atoms with van der Waals surface area (Å²) < 4.78 is 7.40. The summed E-state index contributed by atoms with van der Waals surface area (Å²) >= 11 is 0. The van der Waals surface area contributed by atoms with Crippen molar-refractivity contribution in [1.82, 2.24) is 14.8 Å². The number of nitriles is 1. The largest absolute Gasteiger partial charge is 0.457 e. The Balaban J connectivity index is 1.87. The van der Waals surface area contributed by atoms with Gasteiger partial charge in [0.05, 0.1) is 11.6 Å². The van der Waals surface area contributed by atoms with Crippen LogP contribution in [0, 0.1) is 18.3 Å². The maximum Gasteiger partial charge on any atom is 0.343 e. The molecule has 0 amide bonds.